The molecule has 1 aromatic rings. The zero-order valence-corrected chi connectivity index (χ0v) is 13.4. The first-order valence-electron chi connectivity index (χ1n) is 7.97. The minimum absolute atomic E-state index is 0.333. The number of para-hydroxylation sites is 1. The molecule has 0 amide bonds. The van der Waals surface area contributed by atoms with E-state index in [1.54, 1.807) is 0 Å². The number of hydrogen-bond donors (Lipinski definition) is 1. The van der Waals surface area contributed by atoms with E-state index in [4.69, 9.17) is 4.74 Å². The number of ether oxygens (including phenoxy) is 1. The first kappa shape index (κ1) is 15.4. The Morgan fingerprint density at radius 1 is 1.30 bits per heavy atom. The van der Waals surface area contributed by atoms with Gasteiger partial charge in [0.1, 0.15) is 5.75 Å². The minimum Gasteiger partial charge on any atom is -0.493 e. The molecule has 1 aromatic carbocycles. The van der Waals surface area contributed by atoms with Crippen LogP contribution in [0.4, 0.5) is 0 Å². The Labute approximate surface area is 123 Å². The fourth-order valence-electron chi connectivity index (χ4n) is 3.12. The molecule has 2 atom stereocenters. The van der Waals surface area contributed by atoms with Crippen LogP contribution >= 0.6 is 0 Å². The van der Waals surface area contributed by atoms with Crippen LogP contribution in [0.1, 0.15) is 58.4 Å². The van der Waals surface area contributed by atoms with Crippen LogP contribution in [0, 0.1) is 5.41 Å². The minimum atomic E-state index is 0.333. The van der Waals surface area contributed by atoms with Gasteiger partial charge in [-0.3, -0.25) is 0 Å². The van der Waals surface area contributed by atoms with Crippen LogP contribution in [0.25, 0.3) is 0 Å². The fraction of sp³-hybridized carbons (Fsp3) is 0.667. The van der Waals surface area contributed by atoms with Gasteiger partial charge in [-0.05, 0) is 30.9 Å². The SMILES string of the molecule is CCNC(CCCC1COc2ccccc21)C(C)(C)C. The van der Waals surface area contributed by atoms with Gasteiger partial charge in [0, 0.05) is 17.5 Å². The molecule has 2 heteroatoms. The molecule has 1 aliphatic rings. The normalized spacial score (nSPS) is 19.5. The number of hydrogen-bond acceptors (Lipinski definition) is 2. The summed E-state index contributed by atoms with van der Waals surface area (Å²) in [7, 11) is 0. The van der Waals surface area contributed by atoms with Crippen molar-refractivity contribution < 1.29 is 4.74 Å². The van der Waals surface area contributed by atoms with Crippen LogP contribution in [0.2, 0.25) is 0 Å². The van der Waals surface area contributed by atoms with E-state index < -0.39 is 0 Å². The van der Waals surface area contributed by atoms with E-state index in [1.807, 2.05) is 0 Å². The van der Waals surface area contributed by atoms with Gasteiger partial charge >= 0.3 is 0 Å². The second-order valence-corrected chi connectivity index (χ2v) is 6.95. The summed E-state index contributed by atoms with van der Waals surface area (Å²) in [6, 6.07) is 9.09. The maximum Gasteiger partial charge on any atom is 0.122 e. The molecule has 1 heterocycles. The van der Waals surface area contributed by atoms with Gasteiger partial charge in [-0.1, -0.05) is 52.3 Å². The smallest absolute Gasteiger partial charge is 0.122 e. The lowest BCUT2D eigenvalue weighted by Crippen LogP contribution is -2.40. The van der Waals surface area contributed by atoms with Gasteiger partial charge in [-0.2, -0.15) is 0 Å². The third-order valence-electron chi connectivity index (χ3n) is 4.34. The summed E-state index contributed by atoms with van der Waals surface area (Å²) in [6.07, 6.45) is 3.74. The van der Waals surface area contributed by atoms with Gasteiger partial charge in [0.05, 0.1) is 6.61 Å². The molecule has 0 radical (unpaired) electrons. The Kier molecular flexibility index (Phi) is 5.09. The van der Waals surface area contributed by atoms with Crippen molar-refractivity contribution in [3.05, 3.63) is 29.8 Å². The molecule has 0 saturated carbocycles. The quantitative estimate of drug-likeness (QED) is 0.833. The van der Waals surface area contributed by atoms with Gasteiger partial charge in [0.25, 0.3) is 0 Å². The van der Waals surface area contributed by atoms with Crippen LogP contribution < -0.4 is 10.1 Å². The van der Waals surface area contributed by atoms with Crippen molar-refractivity contribution in [3.63, 3.8) is 0 Å². The van der Waals surface area contributed by atoms with Crippen molar-refractivity contribution in [3.8, 4) is 5.75 Å². The van der Waals surface area contributed by atoms with Crippen molar-refractivity contribution in [1.82, 2.24) is 5.32 Å². The Hall–Kier alpha value is -1.02. The Morgan fingerprint density at radius 3 is 2.75 bits per heavy atom. The molecule has 2 unspecified atom stereocenters. The van der Waals surface area contributed by atoms with Gasteiger partial charge < -0.3 is 10.1 Å². The summed E-state index contributed by atoms with van der Waals surface area (Å²) in [4.78, 5) is 0. The summed E-state index contributed by atoms with van der Waals surface area (Å²) in [6.45, 7) is 11.1. The van der Waals surface area contributed by atoms with E-state index in [0.29, 0.717) is 17.4 Å². The maximum absolute atomic E-state index is 5.77. The Balaban J connectivity index is 1.84. The molecular formula is C18H29NO. The van der Waals surface area contributed by atoms with Crippen LogP contribution in [0.15, 0.2) is 24.3 Å². The Morgan fingerprint density at radius 2 is 2.05 bits per heavy atom. The highest BCUT2D eigenvalue weighted by molar-refractivity contribution is 5.39. The monoisotopic (exact) mass is 275 g/mol. The standard InChI is InChI=1S/C18H29NO/c1-5-19-17(18(2,3)4)12-8-9-14-13-20-16-11-7-6-10-15(14)16/h6-7,10-11,14,17,19H,5,8-9,12-13H2,1-4H3. The van der Waals surface area contributed by atoms with E-state index in [1.165, 1.54) is 24.8 Å². The molecule has 1 N–H and O–H groups in total. The lowest BCUT2D eigenvalue weighted by molar-refractivity contribution is 0.248. The number of rotatable bonds is 6. The van der Waals surface area contributed by atoms with Crippen molar-refractivity contribution in [2.24, 2.45) is 5.41 Å². The average molecular weight is 275 g/mol. The van der Waals surface area contributed by atoms with Gasteiger partial charge in [-0.15, -0.1) is 0 Å². The first-order chi connectivity index (χ1) is 9.52. The predicted molar refractivity (Wildman–Crippen MR) is 85.4 cm³/mol. The number of fused-ring (bicyclic) bond motifs is 1. The van der Waals surface area contributed by atoms with Crippen molar-refractivity contribution in [2.45, 2.75) is 58.9 Å². The van der Waals surface area contributed by atoms with Crippen molar-refractivity contribution in [1.29, 1.82) is 0 Å². The topological polar surface area (TPSA) is 21.3 Å². The van der Waals surface area contributed by atoms with E-state index in [-0.39, 0.29) is 0 Å². The van der Waals surface area contributed by atoms with E-state index in [9.17, 15) is 0 Å². The van der Waals surface area contributed by atoms with Gasteiger partial charge in [0.15, 0.2) is 0 Å². The number of benzene rings is 1. The maximum atomic E-state index is 5.77. The second-order valence-electron chi connectivity index (χ2n) is 6.95. The molecule has 0 fully saturated rings. The lowest BCUT2D eigenvalue weighted by atomic mass is 9.82. The molecule has 0 bridgehead atoms. The van der Waals surface area contributed by atoms with Crippen LogP contribution in [-0.4, -0.2) is 19.2 Å². The molecule has 112 valence electrons. The zero-order chi connectivity index (χ0) is 14.6. The Bertz CT molecular complexity index is 422. The predicted octanol–water partition coefficient (Wildman–Crippen LogP) is 4.36. The van der Waals surface area contributed by atoms with Crippen molar-refractivity contribution >= 4 is 0 Å². The molecule has 20 heavy (non-hydrogen) atoms. The summed E-state index contributed by atoms with van der Waals surface area (Å²) in [5.74, 6) is 1.69. The summed E-state index contributed by atoms with van der Waals surface area (Å²) in [5.41, 5.74) is 1.74. The van der Waals surface area contributed by atoms with E-state index in [2.05, 4.69) is 57.3 Å². The molecule has 0 saturated heterocycles. The first-order valence-corrected chi connectivity index (χ1v) is 7.97. The average Bonchev–Trinajstić information content (AvgIpc) is 2.80. The zero-order valence-electron chi connectivity index (χ0n) is 13.4. The van der Waals surface area contributed by atoms with E-state index >= 15 is 0 Å². The highest BCUT2D eigenvalue weighted by Crippen LogP contribution is 2.37. The molecule has 2 nitrogen and oxygen atoms in total. The fourth-order valence-corrected chi connectivity index (χ4v) is 3.12. The highest BCUT2D eigenvalue weighted by atomic mass is 16.5. The third-order valence-corrected chi connectivity index (χ3v) is 4.34. The molecule has 1 aliphatic heterocycles. The molecule has 0 aromatic heterocycles. The summed E-state index contributed by atoms with van der Waals surface area (Å²) < 4.78 is 5.77. The van der Waals surface area contributed by atoms with Gasteiger partial charge in [-0.25, -0.2) is 0 Å². The van der Waals surface area contributed by atoms with Crippen molar-refractivity contribution in [2.75, 3.05) is 13.2 Å². The van der Waals surface area contributed by atoms with Crippen LogP contribution in [0.3, 0.4) is 0 Å². The van der Waals surface area contributed by atoms with Crippen LogP contribution in [0.5, 0.6) is 5.75 Å². The summed E-state index contributed by atoms with van der Waals surface area (Å²) in [5, 5.41) is 3.64. The summed E-state index contributed by atoms with van der Waals surface area (Å²) >= 11 is 0. The number of nitrogens with one attached hydrogen (secondary N) is 1. The van der Waals surface area contributed by atoms with Crippen LogP contribution in [-0.2, 0) is 0 Å². The second kappa shape index (κ2) is 6.62. The molecule has 0 spiro atoms. The third kappa shape index (κ3) is 3.76. The molecule has 2 rings (SSSR count). The molecule has 0 aliphatic carbocycles. The molecular weight excluding hydrogens is 246 g/mol. The lowest BCUT2D eigenvalue weighted by Gasteiger charge is -2.31. The highest BCUT2D eigenvalue weighted by Gasteiger charge is 2.26. The largest absolute Gasteiger partial charge is 0.493 e. The van der Waals surface area contributed by atoms with E-state index in [0.717, 1.165) is 18.9 Å². The van der Waals surface area contributed by atoms with Gasteiger partial charge in [0.2, 0.25) is 0 Å².